The summed E-state index contributed by atoms with van der Waals surface area (Å²) in [5, 5.41) is 16.3. The molecule has 5 N–H and O–H groups in total. The minimum absolute atomic E-state index is 0.136. The minimum Gasteiger partial charge on any atom is -0.397 e. The van der Waals surface area contributed by atoms with Gasteiger partial charge in [0.1, 0.15) is 9.71 Å². The number of pyridine rings is 1. The van der Waals surface area contributed by atoms with Crippen molar-refractivity contribution >= 4 is 38.8 Å². The third-order valence-corrected chi connectivity index (χ3v) is 6.25. The molecule has 0 bridgehead atoms. The number of rotatable bonds is 6. The molecule has 0 spiro atoms. The molecule has 1 aliphatic heterocycles. The van der Waals surface area contributed by atoms with Crippen molar-refractivity contribution in [2.75, 3.05) is 43.4 Å². The molecule has 0 aliphatic carbocycles. The van der Waals surface area contributed by atoms with E-state index in [0.717, 1.165) is 38.0 Å². The molecule has 3 aromatic rings. The van der Waals surface area contributed by atoms with Gasteiger partial charge in [-0.15, -0.1) is 11.3 Å². The second-order valence-electron chi connectivity index (χ2n) is 7.07. The van der Waals surface area contributed by atoms with Crippen LogP contribution in [0.5, 0.6) is 0 Å². The molecule has 1 aliphatic rings. The molecule has 1 aromatic carbocycles. The molecule has 2 aromatic heterocycles. The Morgan fingerprint density at radius 2 is 1.97 bits per heavy atom. The first-order chi connectivity index (χ1) is 14.2. The van der Waals surface area contributed by atoms with Crippen LogP contribution in [0, 0.1) is 0 Å². The lowest BCUT2D eigenvalue weighted by molar-refractivity contribution is 0.0959. The minimum atomic E-state index is -0.187. The Hall–Kier alpha value is -2.68. The fourth-order valence-electron chi connectivity index (χ4n) is 3.49. The Kier molecular flexibility index (Phi) is 5.94. The van der Waals surface area contributed by atoms with Gasteiger partial charge in [-0.1, -0.05) is 12.1 Å². The van der Waals surface area contributed by atoms with Gasteiger partial charge in [-0.25, -0.2) is 4.98 Å². The maximum absolute atomic E-state index is 12.6. The number of aromatic nitrogens is 1. The molecule has 1 amide bonds. The second kappa shape index (κ2) is 8.77. The average molecular weight is 412 g/mol. The van der Waals surface area contributed by atoms with Crippen LogP contribution in [0.1, 0.15) is 20.9 Å². The van der Waals surface area contributed by atoms with Crippen LogP contribution in [0.2, 0.25) is 0 Å². The molecule has 1 fully saturated rings. The molecule has 0 saturated carbocycles. The van der Waals surface area contributed by atoms with Gasteiger partial charge >= 0.3 is 0 Å². The number of aliphatic hydroxyl groups is 1. The highest BCUT2D eigenvalue weighted by Crippen LogP contribution is 2.32. The zero-order valence-electron chi connectivity index (χ0n) is 16.1. The van der Waals surface area contributed by atoms with Crippen molar-refractivity contribution in [1.82, 2.24) is 15.6 Å². The first-order valence-electron chi connectivity index (χ1n) is 9.77. The van der Waals surface area contributed by atoms with Crippen LogP contribution in [-0.2, 0) is 13.0 Å². The quantitative estimate of drug-likeness (QED) is 0.493. The Morgan fingerprint density at radius 3 is 2.69 bits per heavy atom. The highest BCUT2D eigenvalue weighted by Gasteiger charge is 2.17. The van der Waals surface area contributed by atoms with E-state index in [-0.39, 0.29) is 12.5 Å². The number of nitrogen functional groups attached to an aromatic ring is 1. The predicted octanol–water partition coefficient (Wildman–Crippen LogP) is 1.75. The fourth-order valence-corrected chi connectivity index (χ4v) is 4.52. The van der Waals surface area contributed by atoms with Crippen molar-refractivity contribution < 1.29 is 9.90 Å². The lowest BCUT2D eigenvalue weighted by Crippen LogP contribution is -2.43. The number of piperazine rings is 1. The summed E-state index contributed by atoms with van der Waals surface area (Å²) in [6.07, 6.45) is 0.755. The monoisotopic (exact) mass is 411 g/mol. The summed E-state index contributed by atoms with van der Waals surface area (Å²) in [5.41, 5.74) is 9.57. The number of hydrogen-bond acceptors (Lipinski definition) is 7. The third kappa shape index (κ3) is 4.34. The topological polar surface area (TPSA) is 104 Å². The fraction of sp³-hybridized carbons (Fsp3) is 0.333. The summed E-state index contributed by atoms with van der Waals surface area (Å²) in [4.78, 5) is 20.4. The van der Waals surface area contributed by atoms with Crippen molar-refractivity contribution in [3.63, 3.8) is 0 Å². The number of carbonyl (C=O) groups is 1. The molecule has 0 unspecified atom stereocenters. The van der Waals surface area contributed by atoms with Gasteiger partial charge in [0, 0.05) is 43.8 Å². The van der Waals surface area contributed by atoms with Crippen molar-refractivity contribution in [3.05, 3.63) is 52.5 Å². The van der Waals surface area contributed by atoms with E-state index in [9.17, 15) is 9.90 Å². The van der Waals surface area contributed by atoms with Crippen molar-refractivity contribution in [1.29, 1.82) is 0 Å². The SMILES string of the molecule is Nc1c(C(=O)NCCc2ccc(N3CCNCC3)cc2)sc2nc(CO)ccc12. The number of nitrogens with two attached hydrogens (primary N) is 1. The van der Waals surface area contributed by atoms with Gasteiger partial charge < -0.3 is 26.4 Å². The highest BCUT2D eigenvalue weighted by atomic mass is 32.1. The van der Waals surface area contributed by atoms with Gasteiger partial charge in [-0.3, -0.25) is 4.79 Å². The van der Waals surface area contributed by atoms with E-state index >= 15 is 0 Å². The van der Waals surface area contributed by atoms with E-state index < -0.39 is 0 Å². The number of hydrogen-bond donors (Lipinski definition) is 4. The molecular formula is C21H25N5O2S. The average Bonchev–Trinajstić information content (AvgIpc) is 3.10. The first kappa shape index (κ1) is 19.6. The zero-order chi connectivity index (χ0) is 20.2. The molecular weight excluding hydrogens is 386 g/mol. The largest absolute Gasteiger partial charge is 0.397 e. The molecule has 152 valence electrons. The number of thiophene rings is 1. The smallest absolute Gasteiger partial charge is 0.263 e. The molecule has 7 nitrogen and oxygen atoms in total. The normalized spacial score (nSPS) is 14.3. The van der Waals surface area contributed by atoms with E-state index in [1.807, 2.05) is 0 Å². The number of carbonyl (C=O) groups excluding carboxylic acids is 1. The molecule has 29 heavy (non-hydrogen) atoms. The van der Waals surface area contributed by atoms with E-state index in [2.05, 4.69) is 44.8 Å². The van der Waals surface area contributed by atoms with Gasteiger partial charge in [0.2, 0.25) is 0 Å². The van der Waals surface area contributed by atoms with E-state index in [0.29, 0.717) is 27.6 Å². The number of fused-ring (bicyclic) bond motifs is 1. The van der Waals surface area contributed by atoms with Crippen LogP contribution in [0.25, 0.3) is 10.2 Å². The summed E-state index contributed by atoms with van der Waals surface area (Å²) in [6, 6.07) is 12.1. The summed E-state index contributed by atoms with van der Waals surface area (Å²) < 4.78 is 0. The highest BCUT2D eigenvalue weighted by molar-refractivity contribution is 7.21. The Bertz CT molecular complexity index is 996. The van der Waals surface area contributed by atoms with Gasteiger partial charge in [-0.2, -0.15) is 0 Å². The summed E-state index contributed by atoms with van der Waals surface area (Å²) in [7, 11) is 0. The van der Waals surface area contributed by atoms with Gasteiger partial charge in [-0.05, 0) is 36.2 Å². The van der Waals surface area contributed by atoms with Crippen molar-refractivity contribution in [2.45, 2.75) is 13.0 Å². The number of nitrogens with one attached hydrogen (secondary N) is 2. The molecule has 0 atom stereocenters. The Morgan fingerprint density at radius 1 is 1.21 bits per heavy atom. The maximum atomic E-state index is 12.6. The second-order valence-corrected chi connectivity index (χ2v) is 8.07. The van der Waals surface area contributed by atoms with Crippen LogP contribution >= 0.6 is 11.3 Å². The molecule has 1 saturated heterocycles. The maximum Gasteiger partial charge on any atom is 0.263 e. The van der Waals surface area contributed by atoms with Gasteiger partial charge in [0.25, 0.3) is 5.91 Å². The number of amides is 1. The molecule has 0 radical (unpaired) electrons. The van der Waals surface area contributed by atoms with E-state index in [4.69, 9.17) is 5.73 Å². The molecule has 4 rings (SSSR count). The number of benzene rings is 1. The van der Waals surface area contributed by atoms with E-state index in [1.165, 1.54) is 22.6 Å². The van der Waals surface area contributed by atoms with Gasteiger partial charge in [0.15, 0.2) is 0 Å². The molecule has 8 heteroatoms. The molecule has 3 heterocycles. The Labute approximate surface area is 173 Å². The summed E-state index contributed by atoms with van der Waals surface area (Å²) in [6.45, 7) is 4.50. The first-order valence-corrected chi connectivity index (χ1v) is 10.6. The van der Waals surface area contributed by atoms with E-state index in [1.54, 1.807) is 12.1 Å². The van der Waals surface area contributed by atoms with Gasteiger partial charge in [0.05, 0.1) is 18.0 Å². The lowest BCUT2D eigenvalue weighted by Gasteiger charge is -2.29. The van der Waals surface area contributed by atoms with Crippen LogP contribution in [0.4, 0.5) is 11.4 Å². The number of nitrogens with zero attached hydrogens (tertiary/aromatic N) is 2. The third-order valence-electron chi connectivity index (χ3n) is 5.14. The predicted molar refractivity (Wildman–Crippen MR) is 118 cm³/mol. The number of aliphatic hydroxyl groups excluding tert-OH is 1. The Balaban J connectivity index is 1.35. The number of anilines is 2. The summed E-state index contributed by atoms with van der Waals surface area (Å²) in [5.74, 6) is -0.187. The zero-order valence-corrected chi connectivity index (χ0v) is 17.0. The van der Waals surface area contributed by atoms with Crippen molar-refractivity contribution in [3.8, 4) is 0 Å². The van der Waals surface area contributed by atoms with Crippen LogP contribution in [-0.4, -0.2) is 48.7 Å². The van der Waals surface area contributed by atoms with Crippen LogP contribution in [0.15, 0.2) is 36.4 Å². The lowest BCUT2D eigenvalue weighted by atomic mass is 10.1. The summed E-state index contributed by atoms with van der Waals surface area (Å²) >= 11 is 1.26. The standard InChI is InChI=1S/C21H25N5O2S/c22-18-17-6-3-15(13-27)25-21(17)29-19(18)20(28)24-8-7-14-1-4-16(5-2-14)26-11-9-23-10-12-26/h1-6,23,27H,7-13,22H2,(H,24,28). The van der Waals surface area contributed by atoms with Crippen LogP contribution < -0.4 is 21.3 Å². The van der Waals surface area contributed by atoms with Crippen LogP contribution in [0.3, 0.4) is 0 Å². The van der Waals surface area contributed by atoms with Crippen molar-refractivity contribution in [2.24, 2.45) is 0 Å².